The van der Waals surface area contributed by atoms with E-state index >= 15 is 0 Å². The Morgan fingerprint density at radius 1 is 1.05 bits per heavy atom. The second kappa shape index (κ2) is 6.03. The molecule has 2 aromatic rings. The van der Waals surface area contributed by atoms with Gasteiger partial charge >= 0.3 is 0 Å². The van der Waals surface area contributed by atoms with E-state index in [0.717, 1.165) is 12.3 Å². The van der Waals surface area contributed by atoms with Crippen LogP contribution in [0.2, 0.25) is 0 Å². The smallest absolute Gasteiger partial charge is 0.0335 e. The highest BCUT2D eigenvalue weighted by Gasteiger charge is 2.19. The van der Waals surface area contributed by atoms with Crippen LogP contribution in [0.5, 0.6) is 0 Å². The predicted octanol–water partition coefficient (Wildman–Crippen LogP) is 4.81. The van der Waals surface area contributed by atoms with Crippen LogP contribution >= 0.6 is 0 Å². The summed E-state index contributed by atoms with van der Waals surface area (Å²) in [4.78, 5) is 0. The van der Waals surface area contributed by atoms with E-state index in [9.17, 15) is 0 Å². The van der Waals surface area contributed by atoms with E-state index in [-0.39, 0.29) is 6.04 Å². The molecule has 1 nitrogen and oxygen atoms in total. The first-order chi connectivity index (χ1) is 10.1. The fourth-order valence-electron chi connectivity index (χ4n) is 3.13. The van der Waals surface area contributed by atoms with Crippen molar-refractivity contribution in [1.82, 2.24) is 0 Å². The zero-order valence-corrected chi connectivity index (χ0v) is 13.1. The topological polar surface area (TPSA) is 26.0 Å². The first-order valence-corrected chi connectivity index (χ1v) is 8.05. The van der Waals surface area contributed by atoms with Gasteiger partial charge in [0.1, 0.15) is 0 Å². The van der Waals surface area contributed by atoms with Crippen molar-refractivity contribution in [3.63, 3.8) is 0 Å². The molecule has 1 fully saturated rings. The fourth-order valence-corrected chi connectivity index (χ4v) is 3.13. The van der Waals surface area contributed by atoms with Crippen molar-refractivity contribution in [2.24, 2.45) is 5.73 Å². The molecule has 1 aliphatic carbocycles. The van der Waals surface area contributed by atoms with E-state index in [4.69, 9.17) is 5.73 Å². The lowest BCUT2D eigenvalue weighted by Crippen LogP contribution is -2.15. The minimum atomic E-state index is 0.0842. The molecule has 2 N–H and O–H groups in total. The molecule has 110 valence electrons. The van der Waals surface area contributed by atoms with Gasteiger partial charge in [-0.15, -0.1) is 0 Å². The molecule has 0 spiro atoms. The van der Waals surface area contributed by atoms with E-state index in [1.165, 1.54) is 47.1 Å². The van der Waals surface area contributed by atoms with Gasteiger partial charge in [0, 0.05) is 6.04 Å². The molecule has 0 aromatic heterocycles. The van der Waals surface area contributed by atoms with Crippen molar-refractivity contribution >= 4 is 0 Å². The molecule has 21 heavy (non-hydrogen) atoms. The molecule has 1 unspecified atom stereocenters. The molecule has 0 heterocycles. The first kappa shape index (κ1) is 14.3. The van der Waals surface area contributed by atoms with Crippen molar-refractivity contribution in [1.29, 1.82) is 0 Å². The van der Waals surface area contributed by atoms with Gasteiger partial charge < -0.3 is 5.73 Å². The monoisotopic (exact) mass is 279 g/mol. The summed E-state index contributed by atoms with van der Waals surface area (Å²) in [5.41, 5.74) is 13.2. The molecule has 0 radical (unpaired) electrons. The average Bonchev–Trinajstić information content (AvgIpc) is 2.42. The Kier molecular flexibility index (Phi) is 4.12. The Morgan fingerprint density at radius 3 is 2.38 bits per heavy atom. The summed E-state index contributed by atoms with van der Waals surface area (Å²) in [7, 11) is 0. The Labute approximate surface area is 128 Å². The van der Waals surface area contributed by atoms with Gasteiger partial charge in [-0.05, 0) is 61.3 Å². The van der Waals surface area contributed by atoms with E-state index < -0.39 is 0 Å². The van der Waals surface area contributed by atoms with Crippen molar-refractivity contribution in [2.45, 2.75) is 51.5 Å². The summed E-state index contributed by atoms with van der Waals surface area (Å²) in [6.45, 7) is 4.31. The third-order valence-corrected chi connectivity index (χ3v) is 4.89. The first-order valence-electron chi connectivity index (χ1n) is 8.05. The summed E-state index contributed by atoms with van der Waals surface area (Å²) in [6, 6.07) is 15.7. The van der Waals surface area contributed by atoms with Crippen molar-refractivity contribution in [2.75, 3.05) is 0 Å². The van der Waals surface area contributed by atoms with Crippen LogP contribution in [0.3, 0.4) is 0 Å². The zero-order chi connectivity index (χ0) is 14.8. The molecule has 0 saturated heterocycles. The van der Waals surface area contributed by atoms with Crippen LogP contribution < -0.4 is 5.73 Å². The molecule has 1 saturated carbocycles. The normalized spacial score (nSPS) is 16.5. The Balaban J connectivity index is 1.72. The van der Waals surface area contributed by atoms with E-state index in [0.29, 0.717) is 0 Å². The molecule has 3 rings (SSSR count). The molecule has 0 amide bonds. The molecular weight excluding hydrogens is 254 g/mol. The number of hydrogen-bond donors (Lipinski definition) is 1. The summed E-state index contributed by atoms with van der Waals surface area (Å²) in [5.74, 6) is 0.800. The van der Waals surface area contributed by atoms with Crippen LogP contribution in [0, 0.1) is 13.8 Å². The minimum Gasteiger partial charge on any atom is -0.324 e. The molecule has 1 atom stereocenters. The van der Waals surface area contributed by atoms with Crippen LogP contribution in [-0.4, -0.2) is 0 Å². The van der Waals surface area contributed by atoms with Gasteiger partial charge in [0.2, 0.25) is 0 Å². The van der Waals surface area contributed by atoms with E-state index in [2.05, 4.69) is 56.3 Å². The Morgan fingerprint density at radius 2 is 1.76 bits per heavy atom. The SMILES string of the molecule is Cc1ccc(C)c(CC(N)c2ccc(C3CCC3)cc2)c1. The molecular formula is C20H25N. The molecule has 1 aliphatic rings. The summed E-state index contributed by atoms with van der Waals surface area (Å²) < 4.78 is 0. The van der Waals surface area contributed by atoms with E-state index in [1.807, 2.05) is 0 Å². The van der Waals surface area contributed by atoms with Gasteiger partial charge in [-0.3, -0.25) is 0 Å². The van der Waals surface area contributed by atoms with Crippen molar-refractivity contribution in [3.05, 3.63) is 70.3 Å². The second-order valence-corrected chi connectivity index (χ2v) is 6.54. The standard InChI is InChI=1S/C20H25N/c1-14-6-7-15(2)19(12-14)13-20(21)18-10-8-17(9-11-18)16-4-3-5-16/h6-12,16,20H,3-5,13,21H2,1-2H3. The maximum absolute atomic E-state index is 6.42. The quantitative estimate of drug-likeness (QED) is 0.853. The highest BCUT2D eigenvalue weighted by molar-refractivity contribution is 5.34. The minimum absolute atomic E-state index is 0.0842. The van der Waals surface area contributed by atoms with Gasteiger partial charge in [0.15, 0.2) is 0 Å². The van der Waals surface area contributed by atoms with E-state index in [1.54, 1.807) is 0 Å². The molecule has 1 heteroatoms. The number of hydrogen-bond acceptors (Lipinski definition) is 1. The molecule has 2 aromatic carbocycles. The lowest BCUT2D eigenvalue weighted by Gasteiger charge is -2.26. The highest BCUT2D eigenvalue weighted by Crippen LogP contribution is 2.36. The van der Waals surface area contributed by atoms with Crippen molar-refractivity contribution < 1.29 is 0 Å². The van der Waals surface area contributed by atoms with Crippen LogP contribution in [-0.2, 0) is 6.42 Å². The Bertz CT molecular complexity index is 608. The Hall–Kier alpha value is -1.60. The second-order valence-electron chi connectivity index (χ2n) is 6.54. The van der Waals surface area contributed by atoms with Crippen LogP contribution in [0.25, 0.3) is 0 Å². The zero-order valence-electron chi connectivity index (χ0n) is 13.1. The average molecular weight is 279 g/mol. The predicted molar refractivity (Wildman–Crippen MR) is 89.6 cm³/mol. The van der Waals surface area contributed by atoms with Gasteiger partial charge in [0.05, 0.1) is 0 Å². The van der Waals surface area contributed by atoms with Crippen LogP contribution in [0.1, 0.15) is 59.0 Å². The maximum atomic E-state index is 6.42. The summed E-state index contributed by atoms with van der Waals surface area (Å²) in [5, 5.41) is 0. The van der Waals surface area contributed by atoms with Crippen molar-refractivity contribution in [3.8, 4) is 0 Å². The van der Waals surface area contributed by atoms with Gasteiger partial charge in [-0.1, -0.05) is 54.4 Å². The molecule has 0 bridgehead atoms. The van der Waals surface area contributed by atoms with Gasteiger partial charge in [-0.25, -0.2) is 0 Å². The number of aryl methyl sites for hydroxylation is 2. The fraction of sp³-hybridized carbons (Fsp3) is 0.400. The lowest BCUT2D eigenvalue weighted by atomic mass is 9.79. The third kappa shape index (κ3) is 3.19. The largest absolute Gasteiger partial charge is 0.324 e. The summed E-state index contributed by atoms with van der Waals surface area (Å²) in [6.07, 6.45) is 5.01. The van der Waals surface area contributed by atoms with Gasteiger partial charge in [-0.2, -0.15) is 0 Å². The summed E-state index contributed by atoms with van der Waals surface area (Å²) >= 11 is 0. The van der Waals surface area contributed by atoms with Gasteiger partial charge in [0.25, 0.3) is 0 Å². The highest BCUT2D eigenvalue weighted by atomic mass is 14.6. The number of benzene rings is 2. The van der Waals surface area contributed by atoms with Crippen LogP contribution in [0.4, 0.5) is 0 Å². The lowest BCUT2D eigenvalue weighted by molar-refractivity contribution is 0.419. The number of nitrogens with two attached hydrogens (primary N) is 1. The third-order valence-electron chi connectivity index (χ3n) is 4.89. The number of rotatable bonds is 4. The van der Waals surface area contributed by atoms with Crippen LogP contribution in [0.15, 0.2) is 42.5 Å². The molecule has 0 aliphatic heterocycles. The maximum Gasteiger partial charge on any atom is 0.0335 e.